The number of nitrogens with one attached hydrogen (secondary N) is 3. The maximum Gasteiger partial charge on any atom is 0.326 e. The second-order valence-electron chi connectivity index (χ2n) is 6.25. The van der Waals surface area contributed by atoms with Gasteiger partial charge in [0.15, 0.2) is 0 Å². The van der Waals surface area contributed by atoms with Crippen LogP contribution in [0.25, 0.3) is 10.9 Å². The first-order chi connectivity index (χ1) is 12.9. The van der Waals surface area contributed by atoms with Gasteiger partial charge in [0, 0.05) is 11.1 Å². The molecule has 27 heavy (non-hydrogen) atoms. The van der Waals surface area contributed by atoms with Gasteiger partial charge >= 0.3 is 5.69 Å². The van der Waals surface area contributed by atoms with E-state index in [9.17, 15) is 14.4 Å². The summed E-state index contributed by atoms with van der Waals surface area (Å²) in [5.74, 6) is -0.233. The van der Waals surface area contributed by atoms with Crippen LogP contribution >= 0.6 is 11.8 Å². The summed E-state index contributed by atoms with van der Waals surface area (Å²) in [4.78, 5) is 44.6. The highest BCUT2D eigenvalue weighted by Crippen LogP contribution is 2.26. The van der Waals surface area contributed by atoms with Crippen molar-refractivity contribution in [3.05, 3.63) is 61.9 Å². The van der Waals surface area contributed by atoms with Crippen LogP contribution < -0.4 is 16.6 Å². The molecule has 7 nitrogen and oxygen atoms in total. The van der Waals surface area contributed by atoms with E-state index in [0.29, 0.717) is 5.69 Å². The Labute approximate surface area is 159 Å². The van der Waals surface area contributed by atoms with Crippen LogP contribution in [0.1, 0.15) is 23.7 Å². The largest absolute Gasteiger partial charge is 0.326 e. The molecule has 0 atom stereocenters. The summed E-state index contributed by atoms with van der Waals surface area (Å²) in [7, 11) is 0. The number of aromatic nitrogens is 3. The van der Waals surface area contributed by atoms with Gasteiger partial charge in [0.2, 0.25) is 5.91 Å². The van der Waals surface area contributed by atoms with Crippen molar-refractivity contribution < 1.29 is 4.79 Å². The molecule has 3 aromatic rings. The molecule has 0 aliphatic carbocycles. The van der Waals surface area contributed by atoms with E-state index in [1.807, 2.05) is 32.0 Å². The number of amides is 1. The highest BCUT2D eigenvalue weighted by atomic mass is 32.2. The summed E-state index contributed by atoms with van der Waals surface area (Å²) in [5.41, 5.74) is 2.23. The van der Waals surface area contributed by atoms with Crippen LogP contribution in [0.5, 0.6) is 0 Å². The third kappa shape index (κ3) is 4.28. The van der Waals surface area contributed by atoms with Gasteiger partial charge in [-0.15, -0.1) is 0 Å². The molecule has 140 valence electrons. The first-order valence-electron chi connectivity index (χ1n) is 8.53. The molecule has 0 spiro atoms. The zero-order valence-corrected chi connectivity index (χ0v) is 16.1. The maximum atomic E-state index is 12.3. The maximum absolute atomic E-state index is 12.3. The lowest BCUT2D eigenvalue weighted by molar-refractivity contribution is -0.113. The average Bonchev–Trinajstić information content (AvgIpc) is 2.62. The van der Waals surface area contributed by atoms with Gasteiger partial charge in [0.05, 0.1) is 11.3 Å². The Morgan fingerprint density at radius 3 is 2.67 bits per heavy atom. The van der Waals surface area contributed by atoms with Gasteiger partial charge in [0.1, 0.15) is 10.7 Å². The normalized spacial score (nSPS) is 10.9. The van der Waals surface area contributed by atoms with Crippen LogP contribution in [0, 0.1) is 13.8 Å². The van der Waals surface area contributed by atoms with Crippen molar-refractivity contribution in [3.8, 4) is 0 Å². The van der Waals surface area contributed by atoms with E-state index in [1.54, 1.807) is 6.92 Å². The monoisotopic (exact) mass is 384 g/mol. The quantitative estimate of drug-likeness (QED) is 0.586. The number of carbonyl (C=O) groups is 1. The van der Waals surface area contributed by atoms with Gasteiger partial charge in [-0.1, -0.05) is 30.8 Å². The molecule has 0 unspecified atom stereocenters. The van der Waals surface area contributed by atoms with Crippen LogP contribution in [0.3, 0.4) is 0 Å². The van der Waals surface area contributed by atoms with Gasteiger partial charge in [-0.3, -0.25) is 14.6 Å². The van der Waals surface area contributed by atoms with Crippen molar-refractivity contribution >= 4 is 34.3 Å². The Morgan fingerprint density at radius 1 is 1.19 bits per heavy atom. The van der Waals surface area contributed by atoms with Crippen molar-refractivity contribution in [1.82, 2.24) is 15.0 Å². The third-order valence-corrected chi connectivity index (χ3v) is 5.16. The minimum atomic E-state index is -0.622. The molecule has 2 aromatic heterocycles. The Balaban J connectivity index is 1.79. The van der Waals surface area contributed by atoms with Crippen LogP contribution in [0.4, 0.5) is 5.69 Å². The Hall–Kier alpha value is -2.87. The highest BCUT2D eigenvalue weighted by molar-refractivity contribution is 8.00. The lowest BCUT2D eigenvalue weighted by Crippen LogP contribution is -2.29. The molecule has 0 saturated carbocycles. The fourth-order valence-electron chi connectivity index (χ4n) is 2.74. The van der Waals surface area contributed by atoms with Crippen molar-refractivity contribution in [3.63, 3.8) is 0 Å². The molecule has 0 fully saturated rings. The van der Waals surface area contributed by atoms with E-state index in [2.05, 4.69) is 21.4 Å². The number of rotatable bonds is 5. The van der Waals surface area contributed by atoms with E-state index in [-0.39, 0.29) is 17.3 Å². The van der Waals surface area contributed by atoms with Crippen LogP contribution in [0.15, 0.2) is 38.9 Å². The van der Waals surface area contributed by atoms with Gasteiger partial charge in [0.25, 0.3) is 5.56 Å². The Bertz CT molecular complexity index is 1130. The molecule has 0 radical (unpaired) electrons. The number of carbonyl (C=O) groups excluding carboxylic acids is 1. The van der Waals surface area contributed by atoms with Crippen LogP contribution in [-0.2, 0) is 11.2 Å². The number of fused-ring (bicyclic) bond motifs is 1. The molecule has 0 aliphatic heterocycles. The molecule has 3 rings (SSSR count). The smallest absolute Gasteiger partial charge is 0.319 e. The number of nitrogens with zero attached hydrogens (tertiary/aromatic N) is 1. The molecular formula is C19H20N4O3S. The van der Waals surface area contributed by atoms with E-state index < -0.39 is 11.2 Å². The summed E-state index contributed by atoms with van der Waals surface area (Å²) in [6.07, 6.45) is 0.805. The van der Waals surface area contributed by atoms with E-state index in [1.165, 1.54) is 11.8 Å². The fourth-order valence-corrected chi connectivity index (χ4v) is 3.63. The number of hydrogen-bond acceptors (Lipinski definition) is 5. The summed E-state index contributed by atoms with van der Waals surface area (Å²) in [6, 6.07) is 8.21. The minimum Gasteiger partial charge on any atom is -0.319 e. The molecule has 1 aromatic carbocycles. The second kappa shape index (κ2) is 7.79. The molecule has 0 saturated heterocycles. The number of H-pyrrole nitrogens is 2. The summed E-state index contributed by atoms with van der Waals surface area (Å²) >= 11 is 1.33. The number of aryl methyl sites for hydroxylation is 3. The molecule has 8 heteroatoms. The number of aromatic amines is 2. The van der Waals surface area contributed by atoms with E-state index >= 15 is 0 Å². The lowest BCUT2D eigenvalue weighted by Gasteiger charge is -2.10. The Kier molecular flexibility index (Phi) is 5.46. The van der Waals surface area contributed by atoms with Gasteiger partial charge < -0.3 is 10.3 Å². The van der Waals surface area contributed by atoms with Crippen LogP contribution in [0.2, 0.25) is 0 Å². The minimum absolute atomic E-state index is 0.0537. The predicted octanol–water partition coefficient (Wildman–Crippen LogP) is 2.52. The zero-order valence-electron chi connectivity index (χ0n) is 15.3. The fraction of sp³-hybridized carbons (Fsp3) is 0.263. The van der Waals surface area contributed by atoms with Crippen molar-refractivity contribution in [1.29, 1.82) is 0 Å². The molecule has 2 heterocycles. The average molecular weight is 384 g/mol. The first-order valence-corrected chi connectivity index (χ1v) is 9.52. The molecule has 1 amide bonds. The standard InChI is InChI=1S/C19H20N4O3S/c1-4-12-8-13-6-5-10(2)7-14(13)21-18(12)27-9-15(24)22-16-11(3)20-19(26)23-17(16)25/h5-8H,4,9H2,1-3H3,(H,22,24)(H2,20,23,25,26). The number of anilines is 1. The number of pyridine rings is 1. The highest BCUT2D eigenvalue weighted by Gasteiger charge is 2.13. The second-order valence-corrected chi connectivity index (χ2v) is 7.21. The molecule has 0 bridgehead atoms. The van der Waals surface area contributed by atoms with Gasteiger partial charge in [-0.05, 0) is 43.5 Å². The topological polar surface area (TPSA) is 108 Å². The summed E-state index contributed by atoms with van der Waals surface area (Å²) in [5, 5.41) is 4.43. The zero-order chi connectivity index (χ0) is 19.6. The number of hydrogen-bond donors (Lipinski definition) is 3. The predicted molar refractivity (Wildman–Crippen MR) is 108 cm³/mol. The Morgan fingerprint density at radius 2 is 1.96 bits per heavy atom. The molecule has 0 aliphatic rings. The molecular weight excluding hydrogens is 364 g/mol. The van der Waals surface area contributed by atoms with E-state index in [4.69, 9.17) is 4.98 Å². The number of thioether (sulfide) groups is 1. The lowest BCUT2D eigenvalue weighted by atomic mass is 10.1. The van der Waals surface area contributed by atoms with E-state index in [0.717, 1.165) is 33.5 Å². The van der Waals surface area contributed by atoms with Crippen LogP contribution in [-0.4, -0.2) is 26.6 Å². The SMILES string of the molecule is CCc1cc2ccc(C)cc2nc1SCC(=O)Nc1c(C)[nH]c(=O)[nH]c1=O. The first kappa shape index (κ1) is 18.9. The third-order valence-electron chi connectivity index (χ3n) is 4.13. The molecule has 3 N–H and O–H groups in total. The summed E-state index contributed by atoms with van der Waals surface area (Å²) < 4.78 is 0. The summed E-state index contributed by atoms with van der Waals surface area (Å²) in [6.45, 7) is 5.62. The van der Waals surface area contributed by atoms with Crippen molar-refractivity contribution in [2.75, 3.05) is 11.1 Å². The van der Waals surface area contributed by atoms with Gasteiger partial charge in [-0.25, -0.2) is 9.78 Å². The van der Waals surface area contributed by atoms with Crippen molar-refractivity contribution in [2.45, 2.75) is 32.2 Å². The van der Waals surface area contributed by atoms with Crippen molar-refractivity contribution in [2.24, 2.45) is 0 Å². The number of benzene rings is 1. The van der Waals surface area contributed by atoms with Gasteiger partial charge in [-0.2, -0.15) is 0 Å².